The first-order valence-electron chi connectivity index (χ1n) is 18.8. The van der Waals surface area contributed by atoms with Gasteiger partial charge in [0.1, 0.15) is 37.8 Å². The van der Waals surface area contributed by atoms with E-state index < -0.39 is 67.3 Å². The number of anilines is 1. The zero-order valence-corrected chi connectivity index (χ0v) is 30.6. The molecular weight excluding hydrogens is 663 g/mol. The van der Waals surface area contributed by atoms with E-state index in [-0.39, 0.29) is 35.9 Å². The van der Waals surface area contributed by atoms with Crippen molar-refractivity contribution in [2.45, 2.75) is 161 Å². The molecule has 1 saturated heterocycles. The number of nitrogens with two attached hydrogens (primary N) is 2. The topological polar surface area (TPSA) is 204 Å². The molecule has 1 fully saturated rings. The number of ether oxygens (including phenoxy) is 4. The largest absolute Gasteiger partial charge is 0.460 e. The molecule has 0 spiro atoms. The van der Waals surface area contributed by atoms with Crippen molar-refractivity contribution in [3.63, 3.8) is 0 Å². The molecule has 1 aliphatic rings. The van der Waals surface area contributed by atoms with Gasteiger partial charge in [0.05, 0.1) is 6.33 Å². The van der Waals surface area contributed by atoms with Gasteiger partial charge < -0.3 is 30.4 Å². The third kappa shape index (κ3) is 14.2. The molecular formula is C36H59FN6O8. The van der Waals surface area contributed by atoms with Crippen LogP contribution in [-0.2, 0) is 33.3 Å². The Bertz CT molecular complexity index is 1420. The van der Waals surface area contributed by atoms with Crippen LogP contribution in [0.5, 0.6) is 0 Å². The van der Waals surface area contributed by atoms with Gasteiger partial charge in [-0.2, -0.15) is 4.98 Å². The summed E-state index contributed by atoms with van der Waals surface area (Å²) in [4.78, 5) is 60.7. The summed E-state index contributed by atoms with van der Waals surface area (Å²) < 4.78 is 38.1. The van der Waals surface area contributed by atoms with Crippen LogP contribution in [0.15, 0.2) is 11.1 Å². The van der Waals surface area contributed by atoms with Gasteiger partial charge >= 0.3 is 17.9 Å². The van der Waals surface area contributed by atoms with E-state index in [1.807, 2.05) is 0 Å². The van der Waals surface area contributed by atoms with E-state index in [4.69, 9.17) is 30.4 Å². The van der Waals surface area contributed by atoms with E-state index in [2.05, 4.69) is 21.9 Å². The van der Waals surface area contributed by atoms with Gasteiger partial charge in [-0.3, -0.25) is 23.9 Å². The molecule has 2 unspecified atom stereocenters. The normalized spacial score (nSPS) is 18.6. The second-order valence-electron chi connectivity index (χ2n) is 13.9. The number of nitrogens with zero attached hydrogens (tertiary/aromatic N) is 3. The minimum absolute atomic E-state index is 0.0128. The average Bonchev–Trinajstić information content (AvgIpc) is 3.69. The van der Waals surface area contributed by atoms with Crippen LogP contribution in [0.4, 0.5) is 10.3 Å². The Balaban J connectivity index is 1.41. The summed E-state index contributed by atoms with van der Waals surface area (Å²) in [5.74, 6) is -2.76. The van der Waals surface area contributed by atoms with Crippen LogP contribution < -0.4 is 17.0 Å². The van der Waals surface area contributed by atoms with Crippen LogP contribution in [0, 0.1) is 5.92 Å². The number of carbonyl (C=O) groups excluding carboxylic acids is 3. The van der Waals surface area contributed by atoms with Crippen LogP contribution >= 0.6 is 0 Å². The predicted molar refractivity (Wildman–Crippen MR) is 190 cm³/mol. The molecule has 288 valence electrons. The number of hydrogen-bond donors (Lipinski definition) is 3. The van der Waals surface area contributed by atoms with Gasteiger partial charge in [-0.15, -0.1) is 0 Å². The fourth-order valence-corrected chi connectivity index (χ4v) is 5.96. The first-order valence-corrected chi connectivity index (χ1v) is 18.8. The number of carbonyl (C=O) groups is 3. The molecule has 0 amide bonds. The highest BCUT2D eigenvalue weighted by Gasteiger charge is 2.39. The number of hydrogen-bond acceptors (Lipinski definition) is 12. The van der Waals surface area contributed by atoms with Gasteiger partial charge in [-0.25, -0.2) is 14.2 Å². The lowest BCUT2D eigenvalue weighted by atomic mass is 10.0. The Kier molecular flexibility index (Phi) is 18.3. The Labute approximate surface area is 299 Å². The lowest BCUT2D eigenvalue weighted by Gasteiger charge is -2.21. The quantitative estimate of drug-likeness (QED) is 0.0654. The maximum atomic E-state index is 15.0. The van der Waals surface area contributed by atoms with Crippen molar-refractivity contribution in [3.05, 3.63) is 16.7 Å². The SMILES string of the molecule is CCCCCCCCCCCCCCCCCC(=O)OC(COC(=O)[C@@H](N)C(C)C)C(=O)OC[C@H]1O[C@@H](n2cnc3c(=O)[nH]c(N)nc32)CC1F. The first kappa shape index (κ1) is 41.8. The smallest absolute Gasteiger partial charge is 0.351 e. The highest BCUT2D eigenvalue weighted by atomic mass is 19.1. The Morgan fingerprint density at radius 3 is 2.14 bits per heavy atom. The number of nitrogens with one attached hydrogen (secondary N) is 1. The van der Waals surface area contributed by atoms with Gasteiger partial charge in [0, 0.05) is 12.8 Å². The number of unbranched alkanes of at least 4 members (excludes halogenated alkanes) is 14. The van der Waals surface area contributed by atoms with E-state index in [0.717, 1.165) is 19.3 Å². The van der Waals surface area contributed by atoms with Crippen molar-refractivity contribution in [2.75, 3.05) is 18.9 Å². The van der Waals surface area contributed by atoms with Crippen LogP contribution in [0.2, 0.25) is 0 Å². The Hall–Kier alpha value is -3.59. The number of halogens is 1. The highest BCUT2D eigenvalue weighted by molar-refractivity contribution is 5.81. The maximum absolute atomic E-state index is 15.0. The van der Waals surface area contributed by atoms with Gasteiger partial charge in [-0.05, 0) is 12.3 Å². The van der Waals surface area contributed by atoms with Crippen LogP contribution in [0.25, 0.3) is 11.2 Å². The van der Waals surface area contributed by atoms with Crippen molar-refractivity contribution in [1.82, 2.24) is 19.5 Å². The Morgan fingerprint density at radius 1 is 0.961 bits per heavy atom. The monoisotopic (exact) mass is 722 g/mol. The summed E-state index contributed by atoms with van der Waals surface area (Å²) >= 11 is 0. The molecule has 0 aromatic carbocycles. The van der Waals surface area contributed by atoms with Crippen molar-refractivity contribution < 1.29 is 37.7 Å². The predicted octanol–water partition coefficient (Wildman–Crippen LogP) is 5.57. The van der Waals surface area contributed by atoms with Gasteiger partial charge in [0.25, 0.3) is 5.56 Å². The number of aromatic amines is 1. The van der Waals surface area contributed by atoms with E-state index in [1.165, 1.54) is 81.5 Å². The van der Waals surface area contributed by atoms with E-state index in [1.54, 1.807) is 13.8 Å². The third-order valence-corrected chi connectivity index (χ3v) is 9.20. The molecule has 2 aromatic heterocycles. The van der Waals surface area contributed by atoms with Crippen LogP contribution in [-0.4, -0.2) is 75.1 Å². The fourth-order valence-electron chi connectivity index (χ4n) is 5.96. The summed E-state index contributed by atoms with van der Waals surface area (Å²) in [5, 5.41) is 0. The molecule has 51 heavy (non-hydrogen) atoms. The molecule has 2 aromatic rings. The van der Waals surface area contributed by atoms with Crippen molar-refractivity contribution >= 4 is 35.0 Å². The van der Waals surface area contributed by atoms with Crippen molar-refractivity contribution in [3.8, 4) is 0 Å². The molecule has 0 radical (unpaired) electrons. The summed E-state index contributed by atoms with van der Waals surface area (Å²) in [5.41, 5.74) is 11.1. The number of H-pyrrole nitrogens is 1. The minimum Gasteiger partial charge on any atom is -0.460 e. The van der Waals surface area contributed by atoms with Gasteiger partial charge in [0.15, 0.2) is 11.2 Å². The molecule has 3 rings (SSSR count). The minimum atomic E-state index is -1.57. The summed E-state index contributed by atoms with van der Waals surface area (Å²) in [6.07, 6.45) is 13.9. The van der Waals surface area contributed by atoms with E-state index >= 15 is 4.39 Å². The molecule has 1 aliphatic heterocycles. The lowest BCUT2D eigenvalue weighted by molar-refractivity contribution is -0.177. The van der Waals surface area contributed by atoms with Crippen molar-refractivity contribution in [2.24, 2.45) is 11.7 Å². The number of fused-ring (bicyclic) bond motifs is 1. The number of esters is 3. The molecule has 5 atom stereocenters. The number of imidazole rings is 1. The number of aromatic nitrogens is 4. The molecule has 0 aliphatic carbocycles. The van der Waals surface area contributed by atoms with Gasteiger partial charge in [0.2, 0.25) is 12.1 Å². The molecule has 15 heteroatoms. The zero-order chi connectivity index (χ0) is 37.2. The molecule has 0 bridgehead atoms. The van der Waals surface area contributed by atoms with Crippen LogP contribution in [0.1, 0.15) is 136 Å². The first-order chi connectivity index (χ1) is 24.5. The van der Waals surface area contributed by atoms with E-state index in [9.17, 15) is 19.2 Å². The summed E-state index contributed by atoms with van der Waals surface area (Å²) in [6, 6.07) is -0.937. The second kappa shape index (κ2) is 22.4. The lowest BCUT2D eigenvalue weighted by Crippen LogP contribution is -2.41. The van der Waals surface area contributed by atoms with Gasteiger partial charge in [-0.1, -0.05) is 111 Å². The molecule has 5 N–H and O–H groups in total. The van der Waals surface area contributed by atoms with E-state index in [0.29, 0.717) is 6.42 Å². The zero-order valence-electron chi connectivity index (χ0n) is 30.6. The summed E-state index contributed by atoms with van der Waals surface area (Å²) in [6.45, 7) is 4.62. The Morgan fingerprint density at radius 2 is 1.55 bits per heavy atom. The fraction of sp³-hybridized carbons (Fsp3) is 0.778. The highest BCUT2D eigenvalue weighted by Crippen LogP contribution is 2.32. The number of nitrogen functional groups attached to an aromatic ring is 1. The number of rotatable bonds is 25. The number of alkyl halides is 1. The summed E-state index contributed by atoms with van der Waals surface area (Å²) in [7, 11) is 0. The second-order valence-corrected chi connectivity index (χ2v) is 13.9. The van der Waals surface area contributed by atoms with Crippen molar-refractivity contribution in [1.29, 1.82) is 0 Å². The standard InChI is InChI=1S/C36H59FN6O8/c1-4-5-6-7-8-9-10-11-12-13-14-15-16-17-18-19-29(44)51-27(22-49-35(47)30(38)24(2)3)34(46)48-21-26-25(37)20-28(50-26)43-23-40-31-32(43)41-36(39)42-33(31)45/h23-28,30H,4-22,38H2,1-3H3,(H3,39,41,42,45)/t25?,26-,27?,28-,30+/m1/s1. The van der Waals surface area contributed by atoms with Crippen LogP contribution in [0.3, 0.4) is 0 Å². The molecule has 3 heterocycles. The maximum Gasteiger partial charge on any atom is 0.351 e. The average molecular weight is 723 g/mol. The third-order valence-electron chi connectivity index (χ3n) is 9.20. The molecule has 0 saturated carbocycles. The molecule has 14 nitrogen and oxygen atoms in total.